The minimum atomic E-state index is -1.75. The lowest BCUT2D eigenvalue weighted by atomic mass is 9.97. The van der Waals surface area contributed by atoms with Crippen LogP contribution in [0.1, 0.15) is 91.3 Å². The van der Waals surface area contributed by atoms with E-state index in [1.54, 1.807) is 51.1 Å². The second-order valence-corrected chi connectivity index (χ2v) is 22.2. The molecule has 1 saturated heterocycles. The molecule has 0 radical (unpaired) electrons. The highest BCUT2D eigenvalue weighted by atomic mass is 16.4. The van der Waals surface area contributed by atoms with Gasteiger partial charge in [-0.05, 0) is 50.5 Å². The van der Waals surface area contributed by atoms with Crippen LogP contribution in [0, 0.1) is 11.8 Å². The van der Waals surface area contributed by atoms with E-state index in [4.69, 9.17) is 17.2 Å². The fraction of sp³-hybridized carbons (Fsp3) is 0.571. The minimum absolute atomic E-state index is 0.00710. The lowest BCUT2D eigenvalue weighted by Crippen LogP contribution is -2.60. The van der Waals surface area contributed by atoms with Crippen LogP contribution in [-0.2, 0) is 84.8 Å². The van der Waals surface area contributed by atoms with Gasteiger partial charge in [0.2, 0.25) is 82.7 Å². The van der Waals surface area contributed by atoms with Gasteiger partial charge in [0.25, 0.3) is 0 Å². The average Bonchev–Trinajstić information content (AvgIpc) is 1.86. The molecule has 502 valence electrons. The number of carbonyl (C=O) groups is 15. The molecule has 1 aliphatic rings. The number of aliphatic hydroxyl groups excluding tert-OH is 2. The Balaban J connectivity index is 1.69. The summed E-state index contributed by atoms with van der Waals surface area (Å²) in [6, 6.07) is -6.36. The number of rotatable bonds is 38. The molecular weight excluding hydrogens is 1200 g/mol. The summed E-state index contributed by atoms with van der Waals surface area (Å²) in [4.78, 5) is 205. The number of hydrogen-bond acceptors (Lipinski definition) is 19. The number of H-pyrrole nitrogens is 1. The number of nitrogens with two attached hydrogens (primary N) is 3. The van der Waals surface area contributed by atoms with Crippen molar-refractivity contribution in [2.45, 2.75) is 159 Å². The number of amides is 14. The van der Waals surface area contributed by atoms with Crippen molar-refractivity contribution < 1.29 is 87.2 Å². The molecule has 12 atom stereocenters. The van der Waals surface area contributed by atoms with E-state index in [0.29, 0.717) is 17.7 Å². The molecule has 0 aliphatic carbocycles. The van der Waals surface area contributed by atoms with Gasteiger partial charge < -0.3 is 101 Å². The monoisotopic (exact) mass is 1280 g/mol. The van der Waals surface area contributed by atoms with E-state index in [9.17, 15) is 87.2 Å². The number of hydrogen-bond donors (Lipinski definition) is 18. The molecule has 35 nitrogen and oxygen atoms in total. The topological polar surface area (TPSA) is 559 Å². The van der Waals surface area contributed by atoms with Crippen LogP contribution in [0.4, 0.5) is 0 Å². The second kappa shape index (κ2) is 37.4. The molecule has 0 saturated carbocycles. The van der Waals surface area contributed by atoms with Gasteiger partial charge in [0, 0.05) is 31.3 Å². The van der Waals surface area contributed by atoms with Crippen LogP contribution in [0.15, 0.2) is 42.9 Å². The Hall–Kier alpha value is -9.64. The minimum Gasteiger partial charge on any atom is -0.480 e. The van der Waals surface area contributed by atoms with Crippen molar-refractivity contribution >= 4 is 88.7 Å². The van der Waals surface area contributed by atoms with Crippen LogP contribution >= 0.6 is 0 Å². The third-order valence-electron chi connectivity index (χ3n) is 14.3. The van der Waals surface area contributed by atoms with Gasteiger partial charge in [-0.2, -0.15) is 0 Å². The van der Waals surface area contributed by atoms with E-state index < -0.39 is 200 Å². The summed E-state index contributed by atoms with van der Waals surface area (Å²) in [7, 11) is 0. The quantitative estimate of drug-likeness (QED) is 0.0297. The summed E-state index contributed by atoms with van der Waals surface area (Å²) in [6.07, 6.45) is 0.178. The SMILES string of the molecule is CC[C@H](C)[C@H](NC(=O)[C@H](CC(N)=O)NC(=O)CNC(=O)[C@H](CC(C)C)NC(=O)[C@@H](N)[C@@H](C)O)C(=O)N[C@@H](CO)C(=O)NCC(=O)NCC(=O)N[C@@H](Cc1cnc[nH]1)C(=O)N[C@@H](Cc1ccccc1)C(=O)N[C@@H](CC(N)=O)C(=O)N1CCC[C@H]1C(=O)N[C@@H](C)C(=O)O. The molecule has 21 N–H and O–H groups in total. The number of carboxylic acid groups (broad SMARTS) is 1. The van der Waals surface area contributed by atoms with Gasteiger partial charge in [-0.15, -0.1) is 0 Å². The van der Waals surface area contributed by atoms with Gasteiger partial charge in [0.15, 0.2) is 0 Å². The standard InChI is InChI=1S/C56H85N17O18/c1-7-28(4)46(72-51(85)36(19-40(57)76)67-44(80)24-63-47(81)33(16-27(2)3)69-53(87)45(59)30(6)75)54(88)71-38(25-74)48(82)62-22-42(78)61-23-43(79)66-35(18-32-21-60-26-64-32)50(84)68-34(17-31-12-9-8-10-13-31)49(83)70-37(20-41(58)77)55(89)73-15-11-14-39(73)52(86)65-29(5)56(90)91/h8-10,12-13,21,26-30,33-39,45-46,74-75H,7,11,14-20,22-25,59H2,1-6H3,(H2,57,76)(H2,58,77)(H,60,64)(H,61,78)(H,62,82)(H,63,81)(H,65,86)(H,66,79)(H,67,80)(H,68,84)(H,69,87)(H,70,83)(H,71,88)(H,72,85)(H,90,91)/t28-,29-,30+,33-,34-,35-,36-,37-,38-,39-,45-,46-/m0/s1. The maximum Gasteiger partial charge on any atom is 0.325 e. The Labute approximate surface area is 523 Å². The lowest BCUT2D eigenvalue weighted by Gasteiger charge is -2.30. The Kier molecular flexibility index (Phi) is 31.1. The second-order valence-electron chi connectivity index (χ2n) is 22.2. The summed E-state index contributed by atoms with van der Waals surface area (Å²) in [5.41, 5.74) is 17.4. The number of aromatic nitrogens is 2. The number of benzene rings is 1. The molecule has 1 aliphatic heterocycles. The molecule has 1 fully saturated rings. The zero-order chi connectivity index (χ0) is 68.2. The number of nitrogens with zero attached hydrogens (tertiary/aromatic N) is 2. The summed E-state index contributed by atoms with van der Waals surface area (Å²) < 4.78 is 0. The summed E-state index contributed by atoms with van der Waals surface area (Å²) in [5, 5.41) is 55.1. The van der Waals surface area contributed by atoms with Crippen LogP contribution in [0.25, 0.3) is 0 Å². The molecule has 0 bridgehead atoms. The van der Waals surface area contributed by atoms with Gasteiger partial charge in [0.1, 0.15) is 60.4 Å². The third kappa shape index (κ3) is 25.8. The summed E-state index contributed by atoms with van der Waals surface area (Å²) >= 11 is 0. The van der Waals surface area contributed by atoms with E-state index in [-0.39, 0.29) is 44.6 Å². The number of nitrogens with one attached hydrogen (secondary N) is 12. The molecular formula is C56H85N17O18. The fourth-order valence-electron chi connectivity index (χ4n) is 9.03. The fourth-order valence-corrected chi connectivity index (χ4v) is 9.03. The molecule has 2 aromatic rings. The van der Waals surface area contributed by atoms with Crippen LogP contribution < -0.4 is 75.7 Å². The smallest absolute Gasteiger partial charge is 0.325 e. The lowest BCUT2D eigenvalue weighted by molar-refractivity contribution is -0.145. The van der Waals surface area contributed by atoms with Crippen molar-refractivity contribution in [3.63, 3.8) is 0 Å². The first-order valence-corrected chi connectivity index (χ1v) is 29.2. The number of aliphatic carboxylic acids is 1. The molecule has 91 heavy (non-hydrogen) atoms. The first-order valence-electron chi connectivity index (χ1n) is 29.2. The number of carbonyl (C=O) groups excluding carboxylic acids is 14. The maximum absolute atomic E-state index is 14.2. The predicted molar refractivity (Wildman–Crippen MR) is 318 cm³/mol. The van der Waals surface area contributed by atoms with Crippen LogP contribution in [0.5, 0.6) is 0 Å². The van der Waals surface area contributed by atoms with Crippen LogP contribution in [0.2, 0.25) is 0 Å². The zero-order valence-corrected chi connectivity index (χ0v) is 51.3. The molecule has 1 aromatic heterocycles. The highest BCUT2D eigenvalue weighted by Gasteiger charge is 2.41. The van der Waals surface area contributed by atoms with Crippen molar-refractivity contribution in [1.82, 2.24) is 73.4 Å². The normalized spacial score (nSPS) is 16.3. The average molecular weight is 1280 g/mol. The van der Waals surface area contributed by atoms with Crippen molar-refractivity contribution in [2.24, 2.45) is 29.0 Å². The van der Waals surface area contributed by atoms with Crippen molar-refractivity contribution in [2.75, 3.05) is 32.8 Å². The van der Waals surface area contributed by atoms with Crippen molar-refractivity contribution in [1.29, 1.82) is 0 Å². The van der Waals surface area contributed by atoms with E-state index in [1.807, 2.05) is 0 Å². The first-order chi connectivity index (χ1) is 42.8. The van der Waals surface area contributed by atoms with Crippen molar-refractivity contribution in [3.05, 3.63) is 54.1 Å². The third-order valence-corrected chi connectivity index (χ3v) is 14.3. The summed E-state index contributed by atoms with van der Waals surface area (Å²) in [6.45, 7) is 5.75. The Bertz CT molecular complexity index is 2900. The largest absolute Gasteiger partial charge is 0.480 e. The van der Waals surface area contributed by atoms with Gasteiger partial charge in [-0.1, -0.05) is 64.4 Å². The number of aromatic amines is 1. The van der Waals surface area contributed by atoms with Gasteiger partial charge >= 0.3 is 5.97 Å². The van der Waals surface area contributed by atoms with Gasteiger partial charge in [0.05, 0.1) is 51.5 Å². The van der Waals surface area contributed by atoms with Crippen LogP contribution in [0.3, 0.4) is 0 Å². The highest BCUT2D eigenvalue weighted by molar-refractivity contribution is 6.00. The number of aliphatic hydroxyl groups is 2. The number of primary amides is 2. The van der Waals surface area contributed by atoms with E-state index >= 15 is 0 Å². The van der Waals surface area contributed by atoms with Gasteiger partial charge in [-0.3, -0.25) is 71.9 Å². The Morgan fingerprint density at radius 3 is 1.70 bits per heavy atom. The molecule has 14 amide bonds. The van der Waals surface area contributed by atoms with E-state index in [0.717, 1.165) is 4.90 Å². The molecule has 3 rings (SSSR count). The molecule has 35 heteroatoms. The Morgan fingerprint density at radius 2 is 1.15 bits per heavy atom. The first kappa shape index (κ1) is 75.6. The van der Waals surface area contributed by atoms with Crippen molar-refractivity contribution in [3.8, 4) is 0 Å². The number of imidazole rings is 1. The molecule has 0 unspecified atom stereocenters. The zero-order valence-electron chi connectivity index (χ0n) is 51.3. The maximum atomic E-state index is 14.2. The summed E-state index contributed by atoms with van der Waals surface area (Å²) in [5.74, 6) is -15.7. The highest BCUT2D eigenvalue weighted by Crippen LogP contribution is 2.20. The van der Waals surface area contributed by atoms with E-state index in [1.165, 1.54) is 33.3 Å². The van der Waals surface area contributed by atoms with E-state index in [2.05, 4.69) is 68.5 Å². The Morgan fingerprint density at radius 1 is 0.626 bits per heavy atom. The molecule has 1 aromatic carbocycles. The predicted octanol–water partition coefficient (Wildman–Crippen LogP) is -7.94. The van der Waals surface area contributed by atoms with Crippen LogP contribution in [-0.4, -0.2) is 218 Å². The van der Waals surface area contributed by atoms with Gasteiger partial charge in [-0.25, -0.2) is 4.98 Å². The molecule has 2 heterocycles. The number of likely N-dealkylation sites (tertiary alicyclic amines) is 1. The number of carboxylic acids is 1. The molecule has 0 spiro atoms.